The van der Waals surface area contributed by atoms with Crippen molar-refractivity contribution in [1.29, 1.82) is 0 Å². The maximum Gasteiger partial charge on any atom is 0.139 e. The van der Waals surface area contributed by atoms with Crippen LogP contribution in [0.2, 0.25) is 0 Å². The van der Waals surface area contributed by atoms with Gasteiger partial charge in [0, 0.05) is 53.7 Å². The molecule has 3 heterocycles. The van der Waals surface area contributed by atoms with Crippen LogP contribution in [0.5, 0.6) is 5.75 Å². The molecule has 0 radical (unpaired) electrons. The van der Waals surface area contributed by atoms with Crippen molar-refractivity contribution < 1.29 is 9.30 Å². The fourth-order valence-electron chi connectivity index (χ4n) is 4.83. The van der Waals surface area contributed by atoms with E-state index >= 15 is 0 Å². The number of rotatable bonds is 8. The number of aromatic nitrogens is 2. The van der Waals surface area contributed by atoms with Crippen LogP contribution in [-0.4, -0.2) is 53.4 Å². The third-order valence-electron chi connectivity index (χ3n) is 6.98. The molecule has 1 fully saturated rings. The van der Waals surface area contributed by atoms with Gasteiger partial charge in [-0.15, -0.1) is 0 Å². The van der Waals surface area contributed by atoms with E-state index in [1.807, 2.05) is 56.3 Å². The Labute approximate surface area is 207 Å². The lowest BCUT2D eigenvalue weighted by molar-refractivity contribution is 0.208. The molecule has 7 heteroatoms. The topological polar surface area (TPSA) is 70.2 Å². The van der Waals surface area contributed by atoms with Gasteiger partial charge in [0.2, 0.25) is 0 Å². The van der Waals surface area contributed by atoms with Crippen LogP contribution in [0.25, 0.3) is 22.3 Å². The third kappa shape index (κ3) is 4.86. The molecule has 0 aliphatic carbocycles. The number of pyridine rings is 1. The number of aromatic amines is 1. The number of likely N-dealkylation sites (N-methyl/N-ethyl adjacent to an activating group) is 1. The van der Waals surface area contributed by atoms with Crippen molar-refractivity contribution in [3.8, 4) is 17.0 Å². The Kier molecular flexibility index (Phi) is 6.68. The number of hydrogen-bond donors (Lipinski definition) is 2. The summed E-state index contributed by atoms with van der Waals surface area (Å²) < 4.78 is 19.6. The van der Waals surface area contributed by atoms with Gasteiger partial charge in [-0.05, 0) is 67.6 Å². The normalized spacial score (nSPS) is 16.6. The zero-order valence-electron chi connectivity index (χ0n) is 20.6. The van der Waals surface area contributed by atoms with Crippen LogP contribution >= 0.6 is 7.14 Å². The van der Waals surface area contributed by atoms with Crippen molar-refractivity contribution in [1.82, 2.24) is 14.9 Å². The van der Waals surface area contributed by atoms with E-state index in [9.17, 15) is 4.57 Å². The fraction of sp³-hybridized carbons (Fsp3) is 0.321. The van der Waals surface area contributed by atoms with Gasteiger partial charge < -0.3 is 24.5 Å². The number of H-pyrrole nitrogens is 1. The summed E-state index contributed by atoms with van der Waals surface area (Å²) in [5.74, 6) is 0.901. The summed E-state index contributed by atoms with van der Waals surface area (Å²) in [6.45, 7) is 6.07. The molecule has 2 aromatic carbocycles. The highest BCUT2D eigenvalue weighted by Gasteiger charge is 2.24. The largest absolute Gasteiger partial charge is 0.489 e. The van der Waals surface area contributed by atoms with E-state index in [-0.39, 0.29) is 6.10 Å². The minimum Gasteiger partial charge on any atom is -0.489 e. The molecule has 0 bridgehead atoms. The summed E-state index contributed by atoms with van der Waals surface area (Å²) in [5.41, 5.74) is 4.72. The number of para-hydroxylation sites is 1. The summed E-state index contributed by atoms with van der Waals surface area (Å²) in [4.78, 5) is 10.3. The van der Waals surface area contributed by atoms with Gasteiger partial charge in [0.1, 0.15) is 24.6 Å². The molecule has 35 heavy (non-hydrogen) atoms. The second kappa shape index (κ2) is 9.88. The molecule has 2 aromatic heterocycles. The predicted molar refractivity (Wildman–Crippen MR) is 146 cm³/mol. The molecule has 6 nitrogen and oxygen atoms in total. The highest BCUT2D eigenvalue weighted by molar-refractivity contribution is 7.71. The van der Waals surface area contributed by atoms with Crippen LogP contribution in [0.4, 0.5) is 11.4 Å². The Morgan fingerprint density at radius 1 is 1.09 bits per heavy atom. The molecule has 182 valence electrons. The Morgan fingerprint density at radius 2 is 1.86 bits per heavy atom. The molecule has 1 saturated heterocycles. The molecule has 2 N–H and O–H groups in total. The maximum absolute atomic E-state index is 13.5. The molecular formula is C28H33N4O2P. The quantitative estimate of drug-likeness (QED) is 0.294. The lowest BCUT2D eigenvalue weighted by Gasteiger charge is -2.19. The highest BCUT2D eigenvalue weighted by Crippen LogP contribution is 2.46. The van der Waals surface area contributed by atoms with Crippen molar-refractivity contribution in [2.24, 2.45) is 0 Å². The van der Waals surface area contributed by atoms with Crippen molar-refractivity contribution in [3.05, 3.63) is 66.9 Å². The molecule has 1 aliphatic rings. The van der Waals surface area contributed by atoms with Crippen LogP contribution < -0.4 is 15.4 Å². The Balaban J connectivity index is 1.41. The first-order chi connectivity index (χ1) is 17.0. The van der Waals surface area contributed by atoms with Crippen LogP contribution in [0, 0.1) is 0 Å². The van der Waals surface area contributed by atoms with Crippen molar-refractivity contribution >= 4 is 34.9 Å². The Hall–Kier alpha value is -3.08. The molecule has 0 unspecified atom stereocenters. The molecule has 5 rings (SSSR count). The standard InChI is InChI=1S/C28H33N4O2P/c1-4-35(33,5-2)27-9-7-6-8-25(27)30-24-14-16-29-28-23(24)18-26(31-28)20-10-12-21(13-11-20)34-22-15-17-32(3)19-22/h6-14,16,18,22H,4-5,15,17,19H2,1-3H3,(H2,29,30,31)/t22-/m1/s1. The van der Waals surface area contributed by atoms with Crippen molar-refractivity contribution in [3.63, 3.8) is 0 Å². The minimum atomic E-state index is -2.43. The molecule has 1 aliphatic heterocycles. The number of hydrogen-bond acceptors (Lipinski definition) is 5. The van der Waals surface area contributed by atoms with Gasteiger partial charge >= 0.3 is 0 Å². The number of likely N-dealkylation sites (tertiary alicyclic amines) is 1. The van der Waals surface area contributed by atoms with E-state index in [0.29, 0.717) is 12.3 Å². The fourth-order valence-corrected chi connectivity index (χ4v) is 6.89. The van der Waals surface area contributed by atoms with Gasteiger partial charge in [-0.2, -0.15) is 0 Å². The lowest BCUT2D eigenvalue weighted by atomic mass is 10.1. The van der Waals surface area contributed by atoms with E-state index in [1.54, 1.807) is 6.20 Å². The number of benzene rings is 2. The van der Waals surface area contributed by atoms with Crippen molar-refractivity contribution in [2.45, 2.75) is 26.4 Å². The van der Waals surface area contributed by atoms with Crippen LogP contribution in [0.1, 0.15) is 20.3 Å². The van der Waals surface area contributed by atoms with E-state index in [1.165, 1.54) is 0 Å². The Morgan fingerprint density at radius 3 is 2.57 bits per heavy atom. The first-order valence-corrected chi connectivity index (χ1v) is 14.4. The van der Waals surface area contributed by atoms with Crippen molar-refractivity contribution in [2.75, 3.05) is 37.8 Å². The number of ether oxygens (including phenoxy) is 1. The Bertz CT molecular complexity index is 1360. The summed E-state index contributed by atoms with van der Waals surface area (Å²) >= 11 is 0. The van der Waals surface area contributed by atoms with E-state index in [4.69, 9.17) is 4.74 Å². The number of nitrogens with zero attached hydrogens (tertiary/aromatic N) is 2. The van der Waals surface area contributed by atoms with E-state index in [0.717, 1.165) is 64.2 Å². The average molecular weight is 489 g/mol. The zero-order valence-corrected chi connectivity index (χ0v) is 21.5. The predicted octanol–water partition coefficient (Wildman–Crippen LogP) is 6.08. The number of anilines is 2. The molecule has 0 spiro atoms. The van der Waals surface area contributed by atoms with Crippen LogP contribution in [-0.2, 0) is 4.57 Å². The number of fused-ring (bicyclic) bond motifs is 1. The third-order valence-corrected chi connectivity index (χ3v) is 10.3. The molecule has 0 amide bonds. The summed E-state index contributed by atoms with van der Waals surface area (Å²) in [5, 5.41) is 5.46. The van der Waals surface area contributed by atoms with E-state index in [2.05, 4.69) is 45.4 Å². The lowest BCUT2D eigenvalue weighted by Crippen LogP contribution is -2.21. The van der Waals surface area contributed by atoms with E-state index < -0.39 is 7.14 Å². The highest BCUT2D eigenvalue weighted by atomic mass is 31.2. The van der Waals surface area contributed by atoms with Gasteiger partial charge in [0.25, 0.3) is 0 Å². The molecule has 1 atom stereocenters. The van der Waals surface area contributed by atoms with Crippen LogP contribution in [0.15, 0.2) is 66.9 Å². The molecule has 4 aromatic rings. The number of nitrogens with one attached hydrogen (secondary N) is 2. The summed E-state index contributed by atoms with van der Waals surface area (Å²) in [7, 11) is -0.302. The smallest absolute Gasteiger partial charge is 0.139 e. The second-order valence-corrected chi connectivity index (χ2v) is 12.8. The monoisotopic (exact) mass is 488 g/mol. The summed E-state index contributed by atoms with van der Waals surface area (Å²) in [6.07, 6.45) is 4.42. The van der Waals surface area contributed by atoms with Gasteiger partial charge in [0.05, 0.1) is 5.69 Å². The average Bonchev–Trinajstić information content (AvgIpc) is 3.51. The minimum absolute atomic E-state index is 0.260. The zero-order chi connectivity index (χ0) is 24.4. The van der Waals surface area contributed by atoms with Gasteiger partial charge in [-0.25, -0.2) is 4.98 Å². The SMILES string of the molecule is CCP(=O)(CC)c1ccccc1Nc1ccnc2[nH]c(-c3ccc(O[C@@H]4CCN(C)C4)cc3)cc12. The maximum atomic E-state index is 13.5. The van der Waals surface area contributed by atoms with Gasteiger partial charge in [-0.3, -0.25) is 0 Å². The molecular weight excluding hydrogens is 455 g/mol. The summed E-state index contributed by atoms with van der Waals surface area (Å²) in [6, 6.07) is 20.3. The van der Waals surface area contributed by atoms with Crippen LogP contribution in [0.3, 0.4) is 0 Å². The second-order valence-electron chi connectivity index (χ2n) is 9.28. The van der Waals surface area contributed by atoms with Gasteiger partial charge in [-0.1, -0.05) is 26.0 Å². The first kappa shape index (κ1) is 23.7. The van der Waals surface area contributed by atoms with Gasteiger partial charge in [0.15, 0.2) is 0 Å². The molecule has 0 saturated carbocycles. The first-order valence-electron chi connectivity index (χ1n) is 12.4.